The van der Waals surface area contributed by atoms with Crippen LogP contribution in [-0.2, 0) is 14.3 Å². The second-order valence-corrected chi connectivity index (χ2v) is 7.62. The molecule has 1 aromatic carbocycles. The molecule has 1 fully saturated rings. The van der Waals surface area contributed by atoms with Gasteiger partial charge in [0.1, 0.15) is 0 Å². The lowest BCUT2D eigenvalue weighted by Gasteiger charge is -2.31. The van der Waals surface area contributed by atoms with Crippen molar-refractivity contribution in [3.8, 4) is 0 Å². The minimum atomic E-state index is -0.383. The number of amides is 2. The molecule has 2 rings (SSSR count). The van der Waals surface area contributed by atoms with E-state index in [0.717, 1.165) is 12.8 Å². The van der Waals surface area contributed by atoms with Crippen molar-refractivity contribution < 1.29 is 19.1 Å². The number of hydrogen-bond donors (Lipinski definition) is 1. The van der Waals surface area contributed by atoms with Gasteiger partial charge in [-0.25, -0.2) is 4.79 Å². The number of anilines is 1. The number of carbonyl (C=O) groups excluding carboxylic acids is 3. The van der Waals surface area contributed by atoms with Crippen LogP contribution in [0.1, 0.15) is 49.4 Å². The molecule has 0 bridgehead atoms. The summed E-state index contributed by atoms with van der Waals surface area (Å²) in [4.78, 5) is 37.8. The molecule has 1 aromatic rings. The normalized spacial score (nSPS) is 14.4. The molecular formula is C20H28N2O4S. The quantitative estimate of drug-likeness (QED) is 0.687. The van der Waals surface area contributed by atoms with Crippen LogP contribution in [0.3, 0.4) is 0 Å². The molecule has 0 aliphatic heterocycles. The van der Waals surface area contributed by atoms with Gasteiger partial charge in [0, 0.05) is 18.8 Å². The van der Waals surface area contributed by atoms with Gasteiger partial charge in [0.2, 0.25) is 11.8 Å². The zero-order valence-electron chi connectivity index (χ0n) is 16.0. The zero-order valence-corrected chi connectivity index (χ0v) is 16.8. The Hall–Kier alpha value is -2.02. The summed E-state index contributed by atoms with van der Waals surface area (Å²) in [6.45, 7) is 2.07. The third-order valence-corrected chi connectivity index (χ3v) is 5.57. The molecule has 1 N–H and O–H groups in total. The van der Waals surface area contributed by atoms with Gasteiger partial charge in [-0.3, -0.25) is 9.59 Å². The van der Waals surface area contributed by atoms with Crippen molar-refractivity contribution in [1.82, 2.24) is 4.90 Å². The first kappa shape index (κ1) is 21.3. The summed E-state index contributed by atoms with van der Waals surface area (Å²) in [5, 5.41) is 2.77. The Labute approximate surface area is 165 Å². The molecule has 0 spiro atoms. The number of rotatable bonds is 8. The van der Waals surface area contributed by atoms with E-state index in [1.54, 1.807) is 31.2 Å². The van der Waals surface area contributed by atoms with Gasteiger partial charge < -0.3 is 15.0 Å². The van der Waals surface area contributed by atoms with Gasteiger partial charge in [-0.15, -0.1) is 11.8 Å². The van der Waals surface area contributed by atoms with Crippen LogP contribution in [0.4, 0.5) is 5.69 Å². The summed E-state index contributed by atoms with van der Waals surface area (Å²) in [6.07, 6.45) is 5.79. The van der Waals surface area contributed by atoms with Crippen LogP contribution in [0.25, 0.3) is 0 Å². The Bertz CT molecular complexity index is 642. The highest BCUT2D eigenvalue weighted by molar-refractivity contribution is 8.00. The van der Waals surface area contributed by atoms with Crippen molar-refractivity contribution >= 4 is 35.2 Å². The third kappa shape index (κ3) is 6.90. The highest BCUT2D eigenvalue weighted by Gasteiger charge is 2.21. The fourth-order valence-corrected chi connectivity index (χ4v) is 3.84. The van der Waals surface area contributed by atoms with E-state index in [1.807, 2.05) is 11.9 Å². The first-order valence-corrected chi connectivity index (χ1v) is 10.6. The van der Waals surface area contributed by atoms with E-state index < -0.39 is 0 Å². The molecular weight excluding hydrogens is 364 g/mol. The van der Waals surface area contributed by atoms with E-state index in [-0.39, 0.29) is 23.5 Å². The van der Waals surface area contributed by atoms with Crippen molar-refractivity contribution in [2.45, 2.75) is 45.1 Å². The number of hydrogen-bond acceptors (Lipinski definition) is 5. The molecule has 0 unspecified atom stereocenters. The lowest BCUT2D eigenvalue weighted by Crippen LogP contribution is -2.39. The van der Waals surface area contributed by atoms with Gasteiger partial charge >= 0.3 is 5.97 Å². The zero-order chi connectivity index (χ0) is 19.6. The van der Waals surface area contributed by atoms with Gasteiger partial charge in [0.05, 0.1) is 23.7 Å². The van der Waals surface area contributed by atoms with Gasteiger partial charge in [0.15, 0.2) is 0 Å². The molecule has 7 heteroatoms. The van der Waals surface area contributed by atoms with E-state index in [4.69, 9.17) is 4.74 Å². The fourth-order valence-electron chi connectivity index (χ4n) is 3.11. The van der Waals surface area contributed by atoms with E-state index in [2.05, 4.69) is 5.32 Å². The third-order valence-electron chi connectivity index (χ3n) is 4.65. The van der Waals surface area contributed by atoms with Gasteiger partial charge in [0.25, 0.3) is 0 Å². The van der Waals surface area contributed by atoms with Crippen LogP contribution in [0.5, 0.6) is 0 Å². The second-order valence-electron chi connectivity index (χ2n) is 6.64. The van der Waals surface area contributed by atoms with E-state index in [0.29, 0.717) is 29.7 Å². The summed E-state index contributed by atoms with van der Waals surface area (Å²) >= 11 is 1.32. The van der Waals surface area contributed by atoms with Gasteiger partial charge in [-0.1, -0.05) is 19.3 Å². The monoisotopic (exact) mass is 392 g/mol. The molecule has 6 nitrogen and oxygen atoms in total. The molecule has 0 radical (unpaired) electrons. The number of ether oxygens (including phenoxy) is 1. The number of esters is 1. The summed E-state index contributed by atoms with van der Waals surface area (Å²) < 4.78 is 4.92. The maximum atomic E-state index is 12.3. The molecule has 0 atom stereocenters. The van der Waals surface area contributed by atoms with Crippen LogP contribution in [-0.4, -0.2) is 53.9 Å². The van der Waals surface area contributed by atoms with E-state index in [1.165, 1.54) is 31.0 Å². The van der Waals surface area contributed by atoms with Gasteiger partial charge in [-0.2, -0.15) is 0 Å². The molecule has 0 aromatic heterocycles. The van der Waals surface area contributed by atoms with Crippen molar-refractivity contribution in [3.63, 3.8) is 0 Å². The highest BCUT2D eigenvalue weighted by atomic mass is 32.2. The molecule has 1 aliphatic rings. The SMILES string of the molecule is CCOC(=O)c1ccc(NC(=O)CSCC(=O)N(C)C2CCCCC2)cc1. The lowest BCUT2D eigenvalue weighted by molar-refractivity contribution is -0.129. The average Bonchev–Trinajstić information content (AvgIpc) is 2.68. The summed E-state index contributed by atoms with van der Waals surface area (Å²) in [6, 6.07) is 6.90. The van der Waals surface area contributed by atoms with Crippen LogP contribution in [0.2, 0.25) is 0 Å². The molecule has 0 saturated heterocycles. The van der Waals surface area contributed by atoms with Crippen molar-refractivity contribution in [2.75, 3.05) is 30.5 Å². The molecule has 27 heavy (non-hydrogen) atoms. The Morgan fingerprint density at radius 3 is 2.41 bits per heavy atom. The van der Waals surface area contributed by atoms with Crippen molar-refractivity contribution in [1.29, 1.82) is 0 Å². The van der Waals surface area contributed by atoms with Crippen LogP contribution in [0.15, 0.2) is 24.3 Å². The maximum Gasteiger partial charge on any atom is 0.338 e. The van der Waals surface area contributed by atoms with Crippen LogP contribution >= 0.6 is 11.8 Å². The average molecular weight is 393 g/mol. The van der Waals surface area contributed by atoms with Crippen LogP contribution in [0, 0.1) is 0 Å². The topological polar surface area (TPSA) is 75.7 Å². The summed E-state index contributed by atoms with van der Waals surface area (Å²) in [5.74, 6) is 0.0496. The molecule has 2 amide bonds. The number of nitrogens with zero attached hydrogens (tertiary/aromatic N) is 1. The lowest BCUT2D eigenvalue weighted by atomic mass is 9.94. The Morgan fingerprint density at radius 1 is 1.11 bits per heavy atom. The van der Waals surface area contributed by atoms with Crippen LogP contribution < -0.4 is 5.32 Å². The molecule has 0 heterocycles. The number of thioether (sulfide) groups is 1. The highest BCUT2D eigenvalue weighted by Crippen LogP contribution is 2.22. The predicted molar refractivity (Wildman–Crippen MR) is 108 cm³/mol. The first-order valence-electron chi connectivity index (χ1n) is 9.41. The fraction of sp³-hybridized carbons (Fsp3) is 0.550. The molecule has 148 valence electrons. The standard InChI is InChI=1S/C20H28N2O4S/c1-3-26-20(25)15-9-11-16(12-10-15)21-18(23)13-27-14-19(24)22(2)17-7-5-4-6-8-17/h9-12,17H,3-8,13-14H2,1-2H3,(H,21,23). The predicted octanol–water partition coefficient (Wildman–Crippen LogP) is 3.33. The van der Waals surface area contributed by atoms with E-state index >= 15 is 0 Å². The largest absolute Gasteiger partial charge is 0.462 e. The van der Waals surface area contributed by atoms with Crippen molar-refractivity contribution in [2.24, 2.45) is 0 Å². The number of carbonyl (C=O) groups is 3. The van der Waals surface area contributed by atoms with E-state index in [9.17, 15) is 14.4 Å². The molecule has 1 saturated carbocycles. The Kier molecular flexibility index (Phi) is 8.64. The summed E-state index contributed by atoms with van der Waals surface area (Å²) in [5.41, 5.74) is 1.06. The second kappa shape index (κ2) is 11.0. The minimum absolute atomic E-state index is 0.0819. The minimum Gasteiger partial charge on any atom is -0.462 e. The van der Waals surface area contributed by atoms with Crippen molar-refractivity contribution in [3.05, 3.63) is 29.8 Å². The smallest absolute Gasteiger partial charge is 0.338 e. The first-order chi connectivity index (χ1) is 13.0. The Morgan fingerprint density at radius 2 is 1.78 bits per heavy atom. The number of nitrogens with one attached hydrogen (secondary N) is 1. The van der Waals surface area contributed by atoms with Gasteiger partial charge in [-0.05, 0) is 44.0 Å². The summed E-state index contributed by atoms with van der Waals surface area (Å²) in [7, 11) is 1.87. The maximum absolute atomic E-state index is 12.3. The molecule has 1 aliphatic carbocycles. The Balaban J connectivity index is 1.71. The number of benzene rings is 1.